The Labute approximate surface area is 477 Å². The predicted molar refractivity (Wildman–Crippen MR) is 353 cm³/mol. The fraction of sp³-hybridized carbons (Fsp3) is 0.325. The molecule has 0 spiro atoms. The van der Waals surface area contributed by atoms with Crippen LogP contribution in [0.1, 0.15) is 180 Å². The Balaban J connectivity index is 1.30. The lowest BCUT2D eigenvalue weighted by atomic mass is 9.80. The zero-order chi connectivity index (χ0) is 57.4. The van der Waals surface area contributed by atoms with Crippen LogP contribution >= 0.6 is 0 Å². The second-order valence-corrected chi connectivity index (χ2v) is 26.1. The molecule has 0 fully saturated rings. The first kappa shape index (κ1) is 52.4. The van der Waals surface area contributed by atoms with E-state index in [1.54, 1.807) is 0 Å². The van der Waals surface area contributed by atoms with Crippen molar-refractivity contribution in [1.29, 1.82) is 0 Å². The Hall–Kier alpha value is -7.02. The predicted octanol–water partition coefficient (Wildman–Crippen LogP) is 20.3. The second-order valence-electron chi connectivity index (χ2n) is 26.1. The largest absolute Gasteiger partial charge is 0.0501 e. The summed E-state index contributed by atoms with van der Waals surface area (Å²) in [5, 5.41) is 14.4. The number of hydrogen-bond acceptors (Lipinski definition) is 0. The van der Waals surface area contributed by atoms with Gasteiger partial charge in [-0.2, -0.15) is 0 Å². The molecule has 5 aliphatic rings. The van der Waals surface area contributed by atoms with Gasteiger partial charge in [-0.25, -0.2) is 0 Å². The Morgan fingerprint density at radius 2 is 0.438 bits per heavy atom. The van der Waals surface area contributed by atoms with Crippen molar-refractivity contribution in [3.05, 3.63) is 214 Å². The molecule has 8 aromatic rings. The van der Waals surface area contributed by atoms with Crippen LogP contribution in [-0.2, 0) is 0 Å². The molecule has 0 radical (unpaired) electrons. The minimum absolute atomic E-state index is 0.862. The van der Waals surface area contributed by atoms with Crippen LogP contribution in [0.15, 0.2) is 36.5 Å². The van der Waals surface area contributed by atoms with E-state index >= 15 is 0 Å². The smallest absolute Gasteiger partial charge is 0.00127 e. The average molecular weight is 1040 g/mol. The maximum Gasteiger partial charge on any atom is -0.00127 e. The number of hydrogen-bond donors (Lipinski definition) is 0. The molecule has 0 saturated carbocycles. The molecule has 0 atom stereocenters. The molecule has 0 aliphatic heterocycles. The van der Waals surface area contributed by atoms with Gasteiger partial charge in [0.25, 0.3) is 0 Å². The van der Waals surface area contributed by atoms with Crippen molar-refractivity contribution >= 4 is 87.7 Å². The van der Waals surface area contributed by atoms with Gasteiger partial charge in [-0.3, -0.25) is 0 Å². The highest BCUT2D eigenvalue weighted by molar-refractivity contribution is 6.20. The van der Waals surface area contributed by atoms with Crippen LogP contribution in [-0.4, -0.2) is 0 Å². The van der Waals surface area contributed by atoms with Crippen LogP contribution < -0.4 is 10.4 Å². The quantitative estimate of drug-likeness (QED) is 0.142. The van der Waals surface area contributed by atoms with E-state index in [-0.39, 0.29) is 0 Å². The van der Waals surface area contributed by atoms with Crippen molar-refractivity contribution in [3.63, 3.8) is 0 Å². The van der Waals surface area contributed by atoms with E-state index in [2.05, 4.69) is 203 Å². The molecule has 0 amide bonds. The first-order valence-corrected chi connectivity index (χ1v) is 29.9. The van der Waals surface area contributed by atoms with Crippen LogP contribution in [0.25, 0.3) is 87.7 Å². The zero-order valence-corrected chi connectivity index (χ0v) is 52.9. The number of aryl methyl sites for hydroxylation is 12. The molecule has 0 heterocycles. The van der Waals surface area contributed by atoms with Gasteiger partial charge in [0.2, 0.25) is 0 Å². The first-order chi connectivity index (χ1) is 37.7. The molecule has 0 unspecified atom stereocenters. The minimum Gasteiger partial charge on any atom is -0.0501 e. The molecule has 0 nitrogen and oxygen atoms in total. The highest BCUT2D eigenvalue weighted by Gasteiger charge is 2.36. The molecule has 8 aromatic carbocycles. The van der Waals surface area contributed by atoms with Crippen LogP contribution in [0.5, 0.6) is 0 Å². The van der Waals surface area contributed by atoms with Gasteiger partial charge in [0.15, 0.2) is 0 Å². The van der Waals surface area contributed by atoms with E-state index < -0.39 is 0 Å². The number of rotatable bonds is 0. The van der Waals surface area contributed by atoms with Crippen molar-refractivity contribution < 1.29 is 0 Å². The third-order valence-corrected chi connectivity index (χ3v) is 23.1. The minimum atomic E-state index is 0.862. The van der Waals surface area contributed by atoms with Gasteiger partial charge in [0.1, 0.15) is 0 Å². The van der Waals surface area contributed by atoms with Crippen LogP contribution in [0, 0.1) is 166 Å². The topological polar surface area (TPSA) is 0 Å². The summed E-state index contributed by atoms with van der Waals surface area (Å²) in [6.07, 6.45) is 17.7. The molecular formula is C80H82. The lowest BCUT2D eigenvalue weighted by molar-refractivity contribution is 1.22. The van der Waals surface area contributed by atoms with Gasteiger partial charge in [-0.05, 0) is 456 Å². The first-order valence-electron chi connectivity index (χ1n) is 29.9. The number of benzene rings is 8. The van der Waals surface area contributed by atoms with Crippen LogP contribution in [0.3, 0.4) is 0 Å². The van der Waals surface area contributed by atoms with E-state index in [0.29, 0.717) is 0 Å². The summed E-state index contributed by atoms with van der Waals surface area (Å²) in [4.78, 5) is 0. The van der Waals surface area contributed by atoms with Gasteiger partial charge in [0, 0.05) is 0 Å². The molecule has 0 N–H and O–H groups in total. The Morgan fingerprint density at radius 3 is 0.850 bits per heavy atom. The number of allylic oxidation sites excluding steroid dienone is 12. The van der Waals surface area contributed by atoms with Crippen molar-refractivity contribution in [2.75, 3.05) is 0 Å². The van der Waals surface area contributed by atoms with E-state index in [0.717, 1.165) is 12.8 Å². The Kier molecular flexibility index (Phi) is 11.3. The second kappa shape index (κ2) is 17.3. The van der Waals surface area contributed by atoms with Crippen molar-refractivity contribution in [3.8, 4) is 0 Å². The van der Waals surface area contributed by atoms with Gasteiger partial charge in [-0.1, -0.05) is 24.3 Å². The molecule has 8 bridgehead atoms. The third-order valence-electron chi connectivity index (χ3n) is 23.1. The lowest BCUT2D eigenvalue weighted by Crippen LogP contribution is -2.30. The summed E-state index contributed by atoms with van der Waals surface area (Å²) in [6, 6.07) is 0. The summed E-state index contributed by atoms with van der Waals surface area (Å²) in [5.74, 6) is 0. The molecule has 13 rings (SSSR count). The van der Waals surface area contributed by atoms with E-state index in [4.69, 9.17) is 0 Å². The van der Waals surface area contributed by atoms with Crippen molar-refractivity contribution in [2.45, 2.75) is 179 Å². The van der Waals surface area contributed by atoms with Crippen LogP contribution in [0.2, 0.25) is 0 Å². The van der Waals surface area contributed by atoms with E-state index in [9.17, 15) is 0 Å². The highest BCUT2D eigenvalue weighted by Crippen LogP contribution is 2.56. The molecule has 402 valence electrons. The Bertz CT molecular complexity index is 4820. The highest BCUT2D eigenvalue weighted by atomic mass is 14.4. The summed E-state index contributed by atoms with van der Waals surface area (Å²) in [6.45, 7) is 57.4. The Morgan fingerprint density at radius 1 is 0.175 bits per heavy atom. The maximum absolute atomic E-state index is 2.68. The summed E-state index contributed by atoms with van der Waals surface area (Å²) in [5.41, 5.74) is 53.5. The maximum atomic E-state index is 2.68. The molecule has 0 heteroatoms. The van der Waals surface area contributed by atoms with Gasteiger partial charge >= 0.3 is 0 Å². The fourth-order valence-corrected chi connectivity index (χ4v) is 17.0. The van der Waals surface area contributed by atoms with E-state index in [1.165, 1.54) is 265 Å². The number of fused-ring (bicyclic) bond motifs is 24. The summed E-state index contributed by atoms with van der Waals surface area (Å²) >= 11 is 0. The monoisotopic (exact) mass is 1040 g/mol. The zero-order valence-electron chi connectivity index (χ0n) is 52.9. The fourth-order valence-electron chi connectivity index (χ4n) is 17.0. The van der Waals surface area contributed by atoms with Crippen molar-refractivity contribution in [1.82, 2.24) is 0 Å². The molecule has 5 aliphatic carbocycles. The summed E-state index contributed by atoms with van der Waals surface area (Å²) < 4.78 is 0. The lowest BCUT2D eigenvalue weighted by Gasteiger charge is -2.23. The van der Waals surface area contributed by atoms with Gasteiger partial charge in [0.05, 0.1) is 0 Å². The molecule has 0 aromatic heterocycles. The molecular weight excluding hydrogens is 961 g/mol. The molecule has 80 heavy (non-hydrogen) atoms. The SMILES string of the molecule is Cc1c(C)c(C)c2c3c(c(C)c(C)c2c1C)C1=CC2=c4c(c(C)c(C)c5c(C)c(C)c(C)c(C)c45)=C(C=C4C=C(C=C5CC(=CC3=C1)c1c(C)c(C)c3c(C)c(C)c(C)c(C)c3c15)c1c(C)c(C)c3c(C)c(C)c(C)c(C)c3c14)C2. The van der Waals surface area contributed by atoms with E-state index in [1.807, 2.05) is 0 Å². The van der Waals surface area contributed by atoms with Gasteiger partial charge < -0.3 is 0 Å². The summed E-state index contributed by atoms with van der Waals surface area (Å²) in [7, 11) is 0. The van der Waals surface area contributed by atoms with Gasteiger partial charge in [-0.15, -0.1) is 0 Å². The average Bonchev–Trinajstić information content (AvgIpc) is 4.25. The third kappa shape index (κ3) is 6.40. The normalized spacial score (nSPS) is 15.3. The standard InChI is InChI=1S/C80H82/c1-33-37(5)45(13)73-65(41(33)9)49(17)53(21)69-57-25-61(77(69)73)29-58-26-63(79-70(58)54(22)50(18)66-42(10)35(3)39(7)47(15)75(66)79)31-60-28-64(80-72(60)56(24)52(20)68-44(12)36(4)40(8)48(16)76(68)80)32-59-27-62(30-57)78-71(59)55(23)51(19)67-43(11)34(2)38(6)46(14)74(67)78/h25,28-32H,26-27H2,1-24H3. The molecule has 0 saturated heterocycles. The van der Waals surface area contributed by atoms with Crippen molar-refractivity contribution in [2.24, 2.45) is 0 Å². The van der Waals surface area contributed by atoms with Crippen LogP contribution in [0.4, 0.5) is 0 Å².